The van der Waals surface area contributed by atoms with Crippen LogP contribution in [0.1, 0.15) is 43.1 Å². The first kappa shape index (κ1) is 22.7. The van der Waals surface area contributed by atoms with Crippen LogP contribution in [0.5, 0.6) is 5.75 Å². The summed E-state index contributed by atoms with van der Waals surface area (Å²) >= 11 is 4.57. The first-order valence-corrected chi connectivity index (χ1v) is 10.7. The van der Waals surface area contributed by atoms with Crippen molar-refractivity contribution in [2.75, 3.05) is 11.9 Å². The predicted octanol–water partition coefficient (Wildman–Crippen LogP) is 5.41. The Balaban J connectivity index is 2.27. The van der Waals surface area contributed by atoms with E-state index in [1.54, 1.807) is 37.4 Å². The number of benzene rings is 1. The summed E-state index contributed by atoms with van der Waals surface area (Å²) < 4.78 is 11.7. The van der Waals surface area contributed by atoms with E-state index in [2.05, 4.69) is 21.2 Å². The second kappa shape index (κ2) is 10.8. The summed E-state index contributed by atoms with van der Waals surface area (Å²) in [6.07, 6.45) is 2.02. The van der Waals surface area contributed by atoms with Crippen LogP contribution in [0.3, 0.4) is 0 Å². The highest BCUT2D eigenvalue weighted by molar-refractivity contribution is 9.10. The molecule has 0 aliphatic heterocycles. The van der Waals surface area contributed by atoms with Crippen LogP contribution in [-0.4, -0.2) is 24.6 Å². The van der Waals surface area contributed by atoms with Crippen molar-refractivity contribution < 1.29 is 19.1 Å². The normalized spacial score (nSPS) is 11.1. The van der Waals surface area contributed by atoms with Crippen molar-refractivity contribution in [1.29, 1.82) is 5.26 Å². The lowest BCUT2D eigenvalue weighted by Gasteiger charge is -2.10. The molecule has 0 saturated carbocycles. The monoisotopic (exact) mass is 476 g/mol. The molecule has 29 heavy (non-hydrogen) atoms. The zero-order chi connectivity index (χ0) is 21.4. The predicted molar refractivity (Wildman–Crippen MR) is 117 cm³/mol. The van der Waals surface area contributed by atoms with Gasteiger partial charge in [-0.25, -0.2) is 4.79 Å². The van der Waals surface area contributed by atoms with Crippen LogP contribution in [0.15, 0.2) is 39.7 Å². The number of nitrogens with zero attached hydrogens (tertiary/aromatic N) is 1. The topological polar surface area (TPSA) is 88.4 Å². The molecule has 1 amide bonds. The average Bonchev–Trinajstić information content (AvgIpc) is 3.13. The van der Waals surface area contributed by atoms with Crippen LogP contribution in [-0.2, 0) is 9.53 Å². The van der Waals surface area contributed by atoms with Crippen LogP contribution in [0, 0.1) is 11.3 Å². The number of esters is 1. The number of carbonyl (C=O) groups excluding carboxylic acids is 2. The molecule has 0 saturated heterocycles. The van der Waals surface area contributed by atoms with Crippen molar-refractivity contribution in [3.63, 3.8) is 0 Å². The van der Waals surface area contributed by atoms with Crippen molar-refractivity contribution >= 4 is 50.2 Å². The molecule has 0 atom stereocenters. The van der Waals surface area contributed by atoms with Gasteiger partial charge in [0.25, 0.3) is 5.91 Å². The van der Waals surface area contributed by atoms with Gasteiger partial charge >= 0.3 is 5.97 Å². The van der Waals surface area contributed by atoms with E-state index >= 15 is 0 Å². The van der Waals surface area contributed by atoms with E-state index in [0.29, 0.717) is 22.9 Å². The molecular formula is C21H21BrN2O4S. The number of ether oxygens (including phenoxy) is 2. The van der Waals surface area contributed by atoms with Crippen molar-refractivity contribution in [2.45, 2.75) is 33.3 Å². The molecule has 1 heterocycles. The van der Waals surface area contributed by atoms with E-state index < -0.39 is 11.9 Å². The largest absolute Gasteiger partial charge is 0.493 e. The first-order valence-electron chi connectivity index (χ1n) is 8.99. The molecular weight excluding hydrogens is 456 g/mol. The standard InChI is InChI=1S/C21H21BrN2O4S/c1-4-8-27-18-6-5-16(22)11-14(18)10-15(12-23)19(25)24-20-17(7-9-29-20)21(26)28-13(2)3/h5-7,9-11,13H,4,8H2,1-3H3,(H,24,25). The van der Waals surface area contributed by atoms with Gasteiger partial charge in [0.05, 0.1) is 18.3 Å². The fourth-order valence-corrected chi connectivity index (χ4v) is 3.44. The van der Waals surface area contributed by atoms with E-state index in [1.807, 2.05) is 19.1 Å². The number of hydrogen-bond acceptors (Lipinski definition) is 6. The summed E-state index contributed by atoms with van der Waals surface area (Å²) in [5.41, 5.74) is 0.745. The molecule has 0 aliphatic carbocycles. The van der Waals surface area contributed by atoms with Gasteiger partial charge in [0.15, 0.2) is 0 Å². The Morgan fingerprint density at radius 2 is 2.10 bits per heavy atom. The highest BCUT2D eigenvalue weighted by Crippen LogP contribution is 2.28. The van der Waals surface area contributed by atoms with E-state index in [-0.39, 0.29) is 17.2 Å². The van der Waals surface area contributed by atoms with E-state index in [1.165, 1.54) is 17.4 Å². The van der Waals surface area contributed by atoms with Crippen LogP contribution < -0.4 is 10.1 Å². The molecule has 0 unspecified atom stereocenters. The minimum atomic E-state index is -0.616. The number of amides is 1. The SMILES string of the molecule is CCCOc1ccc(Br)cc1C=C(C#N)C(=O)Nc1sccc1C(=O)OC(C)C. The third-order valence-corrected chi connectivity index (χ3v) is 4.88. The van der Waals surface area contributed by atoms with Gasteiger partial charge in [-0.15, -0.1) is 11.3 Å². The summed E-state index contributed by atoms with van der Waals surface area (Å²) in [5, 5.41) is 14.1. The number of nitriles is 1. The number of carbonyl (C=O) groups is 2. The molecule has 152 valence electrons. The van der Waals surface area contributed by atoms with Crippen molar-refractivity contribution in [2.24, 2.45) is 0 Å². The number of anilines is 1. The zero-order valence-electron chi connectivity index (χ0n) is 16.3. The Morgan fingerprint density at radius 3 is 2.76 bits per heavy atom. The summed E-state index contributed by atoms with van der Waals surface area (Å²) in [7, 11) is 0. The van der Waals surface area contributed by atoms with E-state index in [0.717, 1.165) is 10.9 Å². The second-order valence-corrected chi connectivity index (χ2v) is 8.10. The van der Waals surface area contributed by atoms with Gasteiger partial charge in [0.2, 0.25) is 0 Å². The quantitative estimate of drug-likeness (QED) is 0.312. The van der Waals surface area contributed by atoms with Gasteiger partial charge in [0.1, 0.15) is 22.4 Å². The highest BCUT2D eigenvalue weighted by Gasteiger charge is 2.19. The maximum absolute atomic E-state index is 12.7. The van der Waals surface area contributed by atoms with Crippen LogP contribution in [0.25, 0.3) is 6.08 Å². The number of halogens is 1. The van der Waals surface area contributed by atoms with Crippen LogP contribution in [0.2, 0.25) is 0 Å². The van der Waals surface area contributed by atoms with Gasteiger partial charge in [0, 0.05) is 10.0 Å². The lowest BCUT2D eigenvalue weighted by Crippen LogP contribution is -2.17. The molecule has 1 N–H and O–H groups in total. The van der Waals surface area contributed by atoms with Gasteiger partial charge in [-0.05, 0) is 56.0 Å². The van der Waals surface area contributed by atoms with Crippen LogP contribution >= 0.6 is 27.3 Å². The average molecular weight is 477 g/mol. The Bertz CT molecular complexity index is 960. The highest BCUT2D eigenvalue weighted by atomic mass is 79.9. The van der Waals surface area contributed by atoms with Crippen molar-refractivity contribution in [3.05, 3.63) is 50.8 Å². The molecule has 0 radical (unpaired) electrons. The Labute approximate surface area is 182 Å². The third kappa shape index (κ3) is 6.44. The molecule has 2 aromatic rings. The Morgan fingerprint density at radius 1 is 1.34 bits per heavy atom. The fourth-order valence-electron chi connectivity index (χ4n) is 2.29. The lowest BCUT2D eigenvalue weighted by atomic mass is 10.1. The summed E-state index contributed by atoms with van der Waals surface area (Å²) in [6, 6.07) is 8.86. The number of hydrogen-bond donors (Lipinski definition) is 1. The summed E-state index contributed by atoms with van der Waals surface area (Å²) in [6.45, 7) is 6.00. The van der Waals surface area contributed by atoms with Gasteiger partial charge in [-0.1, -0.05) is 22.9 Å². The summed E-state index contributed by atoms with van der Waals surface area (Å²) in [4.78, 5) is 24.8. The maximum atomic E-state index is 12.7. The molecule has 1 aromatic heterocycles. The van der Waals surface area contributed by atoms with Gasteiger partial charge in [-0.2, -0.15) is 5.26 Å². The fraction of sp³-hybridized carbons (Fsp3) is 0.286. The van der Waals surface area contributed by atoms with Crippen LogP contribution in [0.4, 0.5) is 5.00 Å². The Kier molecular flexibility index (Phi) is 8.43. The first-order chi connectivity index (χ1) is 13.8. The molecule has 8 heteroatoms. The number of thiophene rings is 1. The van der Waals surface area contributed by atoms with Gasteiger partial charge in [-0.3, -0.25) is 4.79 Å². The summed E-state index contributed by atoms with van der Waals surface area (Å²) in [5.74, 6) is -0.566. The molecule has 6 nitrogen and oxygen atoms in total. The number of rotatable bonds is 8. The second-order valence-electron chi connectivity index (χ2n) is 6.27. The molecule has 0 aliphatic rings. The molecule has 1 aromatic carbocycles. The van der Waals surface area contributed by atoms with Crippen molar-refractivity contribution in [1.82, 2.24) is 0 Å². The number of nitrogens with one attached hydrogen (secondary N) is 1. The van der Waals surface area contributed by atoms with E-state index in [9.17, 15) is 14.9 Å². The molecule has 0 fully saturated rings. The minimum Gasteiger partial charge on any atom is -0.493 e. The molecule has 0 spiro atoms. The van der Waals surface area contributed by atoms with E-state index in [4.69, 9.17) is 9.47 Å². The smallest absolute Gasteiger partial charge is 0.341 e. The minimum absolute atomic E-state index is 0.110. The van der Waals surface area contributed by atoms with Gasteiger partial charge < -0.3 is 14.8 Å². The molecule has 2 rings (SSSR count). The Hall–Kier alpha value is -2.63. The zero-order valence-corrected chi connectivity index (χ0v) is 18.7. The lowest BCUT2D eigenvalue weighted by molar-refractivity contribution is -0.112. The third-order valence-electron chi connectivity index (χ3n) is 3.55. The molecule has 0 bridgehead atoms. The maximum Gasteiger partial charge on any atom is 0.341 e. The van der Waals surface area contributed by atoms with Crippen molar-refractivity contribution in [3.8, 4) is 11.8 Å².